The number of hydrogen-bond donors (Lipinski definition) is 2. The molecule has 1 aliphatic heterocycles. The zero-order valence-electron chi connectivity index (χ0n) is 17.1. The van der Waals surface area contributed by atoms with Crippen molar-refractivity contribution in [3.63, 3.8) is 0 Å². The maximum absolute atomic E-state index is 6.16. The van der Waals surface area contributed by atoms with Gasteiger partial charge in [0, 0.05) is 11.6 Å². The minimum absolute atomic E-state index is 0.103. The number of para-hydroxylation sites is 2. The van der Waals surface area contributed by atoms with Gasteiger partial charge in [0.25, 0.3) is 0 Å². The minimum atomic E-state index is -0.103. The Morgan fingerprint density at radius 3 is 2.57 bits per heavy atom. The van der Waals surface area contributed by atoms with Crippen LogP contribution in [0.15, 0.2) is 53.5 Å². The predicted octanol–water partition coefficient (Wildman–Crippen LogP) is 6.56. The van der Waals surface area contributed by atoms with Crippen molar-refractivity contribution in [1.82, 2.24) is 5.32 Å². The van der Waals surface area contributed by atoms with Crippen LogP contribution in [0.25, 0.3) is 0 Å². The Morgan fingerprint density at radius 1 is 1.11 bits per heavy atom. The maximum atomic E-state index is 6.16. The second-order valence-electron chi connectivity index (χ2n) is 9.31. The fourth-order valence-corrected chi connectivity index (χ4v) is 4.81. The van der Waals surface area contributed by atoms with Gasteiger partial charge in [-0.25, -0.2) is 4.99 Å². The lowest BCUT2D eigenvalue weighted by Crippen LogP contribution is -2.56. The number of halogens is 1. The first kappa shape index (κ1) is 19.3. The Labute approximate surface area is 173 Å². The molecule has 1 heterocycles. The molecule has 28 heavy (non-hydrogen) atoms. The van der Waals surface area contributed by atoms with Gasteiger partial charge in [-0.2, -0.15) is 0 Å². The van der Waals surface area contributed by atoms with E-state index in [1.807, 2.05) is 24.3 Å². The third-order valence-corrected chi connectivity index (χ3v) is 6.61. The molecule has 1 saturated carbocycles. The molecule has 1 aliphatic carbocycles. The molecule has 2 aromatic carbocycles. The molecular weight excluding hydrogens is 366 g/mol. The molecule has 1 spiro atoms. The molecule has 1 fully saturated rings. The van der Waals surface area contributed by atoms with E-state index in [2.05, 4.69) is 55.7 Å². The fraction of sp³-hybridized carbons (Fsp3) is 0.458. The molecule has 3 nitrogen and oxygen atoms in total. The maximum Gasteiger partial charge on any atom is 0.128 e. The van der Waals surface area contributed by atoms with Crippen molar-refractivity contribution in [1.29, 1.82) is 0 Å². The van der Waals surface area contributed by atoms with Crippen LogP contribution >= 0.6 is 11.6 Å². The van der Waals surface area contributed by atoms with Crippen LogP contribution in [0.1, 0.15) is 52.0 Å². The number of benzene rings is 2. The Balaban J connectivity index is 1.59. The number of aliphatic imine (C=N–C) groups is 1. The van der Waals surface area contributed by atoms with E-state index in [1.165, 1.54) is 18.4 Å². The van der Waals surface area contributed by atoms with Gasteiger partial charge in [0.15, 0.2) is 0 Å². The summed E-state index contributed by atoms with van der Waals surface area (Å²) in [5.41, 5.74) is 3.59. The minimum Gasteiger partial charge on any atom is -0.371 e. The predicted molar refractivity (Wildman–Crippen MR) is 120 cm³/mol. The van der Waals surface area contributed by atoms with Crippen LogP contribution in [0.5, 0.6) is 0 Å². The molecule has 148 valence electrons. The number of fused-ring (bicyclic) bond motifs is 1. The molecule has 0 saturated heterocycles. The molecule has 0 unspecified atom stereocenters. The lowest BCUT2D eigenvalue weighted by Gasteiger charge is -2.47. The van der Waals surface area contributed by atoms with E-state index in [9.17, 15) is 0 Å². The zero-order chi connectivity index (χ0) is 19.8. The van der Waals surface area contributed by atoms with Gasteiger partial charge in [0.05, 0.1) is 16.9 Å². The molecule has 2 N–H and O–H groups in total. The standard InChI is InChI=1S/C24H30ClN3/c1-23(2,3)18-11-13-24(14-12-18)22(26-16-17-7-6-8-19(25)15-17)27-20-9-4-5-10-21(20)28-24/h4-10,15,18,28H,11-14,16H2,1-3H3,(H,26,27). The molecule has 0 aromatic heterocycles. The molecule has 0 radical (unpaired) electrons. The Bertz CT molecular complexity index is 873. The second kappa shape index (κ2) is 7.44. The highest BCUT2D eigenvalue weighted by molar-refractivity contribution is 6.30. The Kier molecular flexibility index (Phi) is 5.13. The first-order valence-electron chi connectivity index (χ1n) is 10.3. The zero-order valence-corrected chi connectivity index (χ0v) is 17.8. The van der Waals surface area contributed by atoms with Gasteiger partial charge in [0.1, 0.15) is 5.84 Å². The monoisotopic (exact) mass is 395 g/mol. The van der Waals surface area contributed by atoms with E-state index in [0.29, 0.717) is 5.41 Å². The van der Waals surface area contributed by atoms with Crippen LogP contribution in [0.2, 0.25) is 5.02 Å². The Morgan fingerprint density at radius 2 is 1.86 bits per heavy atom. The average Bonchev–Trinajstić information content (AvgIpc) is 2.66. The quantitative estimate of drug-likeness (QED) is 0.603. The second-order valence-corrected chi connectivity index (χ2v) is 9.74. The van der Waals surface area contributed by atoms with Crippen molar-refractivity contribution in [2.45, 2.75) is 58.5 Å². The van der Waals surface area contributed by atoms with E-state index < -0.39 is 0 Å². The SMILES string of the molecule is CC(C)(C)C1CCC2(CC1)Nc1ccccc1N=C2NCc1cccc(Cl)c1. The average molecular weight is 396 g/mol. The number of nitrogens with one attached hydrogen (secondary N) is 2. The van der Waals surface area contributed by atoms with E-state index >= 15 is 0 Å². The van der Waals surface area contributed by atoms with Gasteiger partial charge in [-0.3, -0.25) is 0 Å². The summed E-state index contributed by atoms with van der Waals surface area (Å²) in [5.74, 6) is 1.82. The molecule has 4 heteroatoms. The van der Waals surface area contributed by atoms with Crippen molar-refractivity contribution in [3.05, 3.63) is 59.1 Å². The first-order chi connectivity index (χ1) is 13.4. The lowest BCUT2D eigenvalue weighted by molar-refractivity contribution is 0.160. The summed E-state index contributed by atoms with van der Waals surface area (Å²) in [6, 6.07) is 16.4. The van der Waals surface area contributed by atoms with Gasteiger partial charge in [-0.05, 0) is 66.8 Å². The summed E-state index contributed by atoms with van der Waals surface area (Å²) in [4.78, 5) is 5.06. The van der Waals surface area contributed by atoms with Crippen molar-refractivity contribution >= 4 is 28.8 Å². The third-order valence-electron chi connectivity index (χ3n) is 6.38. The highest BCUT2D eigenvalue weighted by Gasteiger charge is 2.44. The van der Waals surface area contributed by atoms with E-state index in [1.54, 1.807) is 0 Å². The van der Waals surface area contributed by atoms with Crippen LogP contribution < -0.4 is 10.6 Å². The summed E-state index contributed by atoms with van der Waals surface area (Å²) in [7, 11) is 0. The lowest BCUT2D eigenvalue weighted by atomic mass is 9.66. The molecule has 2 aliphatic rings. The van der Waals surface area contributed by atoms with Crippen molar-refractivity contribution in [2.24, 2.45) is 16.3 Å². The molecule has 0 atom stereocenters. The van der Waals surface area contributed by atoms with Crippen molar-refractivity contribution in [2.75, 3.05) is 5.32 Å². The van der Waals surface area contributed by atoms with Crippen LogP contribution in [0, 0.1) is 11.3 Å². The largest absolute Gasteiger partial charge is 0.371 e. The summed E-state index contributed by atoms with van der Waals surface area (Å²) in [6.07, 6.45) is 4.64. The van der Waals surface area contributed by atoms with Gasteiger partial charge in [0.2, 0.25) is 0 Å². The molecular formula is C24H30ClN3. The first-order valence-corrected chi connectivity index (χ1v) is 10.7. The summed E-state index contributed by atoms with van der Waals surface area (Å²) >= 11 is 6.16. The molecule has 0 amide bonds. The molecule has 2 aromatic rings. The van der Waals surface area contributed by atoms with Gasteiger partial charge in [-0.1, -0.05) is 56.6 Å². The van der Waals surface area contributed by atoms with E-state index in [4.69, 9.17) is 16.6 Å². The third kappa shape index (κ3) is 3.91. The smallest absolute Gasteiger partial charge is 0.128 e. The normalized spacial score (nSPS) is 24.3. The number of amidine groups is 1. The Hall–Kier alpha value is -2.00. The fourth-order valence-electron chi connectivity index (χ4n) is 4.60. The molecule has 4 rings (SSSR count). The van der Waals surface area contributed by atoms with Gasteiger partial charge < -0.3 is 10.6 Å². The van der Waals surface area contributed by atoms with Gasteiger partial charge in [-0.15, -0.1) is 0 Å². The highest BCUT2D eigenvalue weighted by atomic mass is 35.5. The van der Waals surface area contributed by atoms with Crippen LogP contribution in [0.4, 0.5) is 11.4 Å². The number of nitrogens with zero attached hydrogens (tertiary/aromatic N) is 1. The summed E-state index contributed by atoms with van der Waals surface area (Å²) in [6.45, 7) is 7.83. The van der Waals surface area contributed by atoms with Crippen LogP contribution in [0.3, 0.4) is 0 Å². The number of rotatable bonds is 2. The highest BCUT2D eigenvalue weighted by Crippen LogP contribution is 2.46. The summed E-state index contributed by atoms with van der Waals surface area (Å²) in [5, 5.41) is 8.28. The van der Waals surface area contributed by atoms with Crippen molar-refractivity contribution < 1.29 is 0 Å². The number of anilines is 1. The van der Waals surface area contributed by atoms with Gasteiger partial charge >= 0.3 is 0 Å². The van der Waals surface area contributed by atoms with Crippen LogP contribution in [-0.4, -0.2) is 11.4 Å². The number of hydrogen-bond acceptors (Lipinski definition) is 3. The van der Waals surface area contributed by atoms with E-state index in [-0.39, 0.29) is 5.54 Å². The molecule has 0 bridgehead atoms. The van der Waals surface area contributed by atoms with Crippen molar-refractivity contribution in [3.8, 4) is 0 Å². The van der Waals surface area contributed by atoms with Crippen LogP contribution in [-0.2, 0) is 6.54 Å². The topological polar surface area (TPSA) is 36.4 Å². The summed E-state index contributed by atoms with van der Waals surface area (Å²) < 4.78 is 0. The van der Waals surface area contributed by atoms with E-state index in [0.717, 1.165) is 47.5 Å².